The van der Waals surface area contributed by atoms with Crippen LogP contribution in [0.15, 0.2) is 18.3 Å². The average molecular weight is 176 g/mol. The Morgan fingerprint density at radius 2 is 2.62 bits per heavy atom. The molecule has 3 nitrogen and oxygen atoms in total. The van der Waals surface area contributed by atoms with Crippen molar-refractivity contribution in [3.63, 3.8) is 0 Å². The van der Waals surface area contributed by atoms with Gasteiger partial charge >= 0.3 is 0 Å². The summed E-state index contributed by atoms with van der Waals surface area (Å²) in [4.78, 5) is 0. The first-order valence-corrected chi connectivity index (χ1v) is 4.57. The van der Waals surface area contributed by atoms with Crippen molar-refractivity contribution in [3.8, 4) is 6.07 Å². The normalized spacial score (nSPS) is 21.6. The van der Waals surface area contributed by atoms with Gasteiger partial charge in [-0.1, -0.05) is 0 Å². The summed E-state index contributed by atoms with van der Waals surface area (Å²) in [7, 11) is 0. The van der Waals surface area contributed by atoms with Crippen molar-refractivity contribution in [1.82, 2.24) is 4.57 Å². The number of aromatic nitrogens is 1. The third-order valence-electron chi connectivity index (χ3n) is 2.37. The van der Waals surface area contributed by atoms with Gasteiger partial charge in [0.15, 0.2) is 0 Å². The molecule has 1 aliphatic heterocycles. The van der Waals surface area contributed by atoms with Crippen LogP contribution in [0.1, 0.15) is 18.5 Å². The first-order chi connectivity index (χ1) is 6.40. The molecular weight excluding hydrogens is 164 g/mol. The van der Waals surface area contributed by atoms with Gasteiger partial charge in [0.05, 0.1) is 6.10 Å². The smallest absolute Gasteiger partial charge is 0.120 e. The highest BCUT2D eigenvalue weighted by molar-refractivity contribution is 5.21. The summed E-state index contributed by atoms with van der Waals surface area (Å²) in [6.45, 7) is 1.68. The molecule has 0 aliphatic carbocycles. The van der Waals surface area contributed by atoms with E-state index in [1.807, 2.05) is 22.9 Å². The fraction of sp³-hybridized carbons (Fsp3) is 0.500. The molecule has 0 amide bonds. The molecule has 1 aromatic heterocycles. The maximum absolute atomic E-state index is 8.77. The van der Waals surface area contributed by atoms with E-state index in [-0.39, 0.29) is 0 Å². The Kier molecular flexibility index (Phi) is 2.33. The molecular formula is C10H12N2O. The molecule has 1 saturated heterocycles. The highest BCUT2D eigenvalue weighted by atomic mass is 16.5. The molecule has 0 radical (unpaired) electrons. The van der Waals surface area contributed by atoms with Crippen LogP contribution in [0.2, 0.25) is 0 Å². The minimum Gasteiger partial charge on any atom is -0.376 e. The van der Waals surface area contributed by atoms with E-state index >= 15 is 0 Å². The number of rotatable bonds is 2. The highest BCUT2D eigenvalue weighted by Gasteiger charge is 2.16. The van der Waals surface area contributed by atoms with Gasteiger partial charge in [-0.2, -0.15) is 5.26 Å². The average Bonchev–Trinajstić information content (AvgIpc) is 2.76. The van der Waals surface area contributed by atoms with E-state index in [4.69, 9.17) is 10.00 Å². The van der Waals surface area contributed by atoms with Crippen LogP contribution in [0.4, 0.5) is 0 Å². The summed E-state index contributed by atoms with van der Waals surface area (Å²) in [5.74, 6) is 0. The predicted molar refractivity (Wildman–Crippen MR) is 48.1 cm³/mol. The Morgan fingerprint density at radius 1 is 1.69 bits per heavy atom. The van der Waals surface area contributed by atoms with Crippen molar-refractivity contribution in [2.24, 2.45) is 0 Å². The summed E-state index contributed by atoms with van der Waals surface area (Å²) in [6, 6.07) is 5.88. The molecule has 2 rings (SSSR count). The predicted octanol–water partition coefficient (Wildman–Crippen LogP) is 1.54. The molecule has 13 heavy (non-hydrogen) atoms. The molecule has 1 aromatic rings. The Labute approximate surface area is 77.5 Å². The topological polar surface area (TPSA) is 38.0 Å². The molecule has 2 heterocycles. The number of hydrogen-bond donors (Lipinski definition) is 0. The number of ether oxygens (including phenoxy) is 1. The minimum atomic E-state index is 0.305. The van der Waals surface area contributed by atoms with E-state index in [0.29, 0.717) is 6.10 Å². The van der Waals surface area contributed by atoms with Crippen molar-refractivity contribution in [3.05, 3.63) is 24.0 Å². The lowest BCUT2D eigenvalue weighted by molar-refractivity contribution is 0.0969. The lowest BCUT2D eigenvalue weighted by Gasteiger charge is -2.10. The Bertz CT molecular complexity index is 318. The molecule has 1 atom stereocenters. The molecule has 0 spiro atoms. The van der Waals surface area contributed by atoms with E-state index < -0.39 is 0 Å². The number of nitriles is 1. The summed E-state index contributed by atoms with van der Waals surface area (Å²) in [5.41, 5.74) is 0.718. The van der Waals surface area contributed by atoms with Crippen LogP contribution in [0.25, 0.3) is 0 Å². The van der Waals surface area contributed by atoms with Gasteiger partial charge in [0, 0.05) is 19.3 Å². The van der Waals surface area contributed by atoms with E-state index in [1.54, 1.807) is 0 Å². The molecule has 0 unspecified atom stereocenters. The third kappa shape index (κ3) is 1.73. The van der Waals surface area contributed by atoms with E-state index in [1.165, 1.54) is 0 Å². The van der Waals surface area contributed by atoms with Crippen LogP contribution in [-0.2, 0) is 11.3 Å². The summed E-state index contributed by atoms with van der Waals surface area (Å²) >= 11 is 0. The fourth-order valence-electron chi connectivity index (χ4n) is 1.68. The number of nitrogens with zero attached hydrogens (tertiary/aromatic N) is 2. The lowest BCUT2D eigenvalue weighted by Crippen LogP contribution is -2.15. The first kappa shape index (κ1) is 8.33. The molecule has 0 saturated carbocycles. The lowest BCUT2D eigenvalue weighted by atomic mass is 10.2. The zero-order chi connectivity index (χ0) is 9.10. The Balaban J connectivity index is 2.04. The second kappa shape index (κ2) is 3.63. The second-order valence-electron chi connectivity index (χ2n) is 3.29. The second-order valence-corrected chi connectivity index (χ2v) is 3.29. The van der Waals surface area contributed by atoms with Crippen LogP contribution >= 0.6 is 0 Å². The standard InChI is InChI=1S/C10H12N2O/c11-7-9-3-1-5-12(9)8-10-4-2-6-13-10/h1,3,5,10H,2,4,6,8H2/t10-/m0/s1. The quantitative estimate of drug-likeness (QED) is 0.685. The molecule has 1 aliphatic rings. The fourth-order valence-corrected chi connectivity index (χ4v) is 1.68. The van der Waals surface area contributed by atoms with Crippen LogP contribution in [0.3, 0.4) is 0 Å². The molecule has 3 heteroatoms. The summed E-state index contributed by atoms with van der Waals surface area (Å²) in [5, 5.41) is 8.77. The molecule has 0 aromatic carbocycles. The van der Waals surface area contributed by atoms with Gasteiger partial charge in [-0.25, -0.2) is 0 Å². The van der Waals surface area contributed by atoms with Crippen LogP contribution in [0.5, 0.6) is 0 Å². The Hall–Kier alpha value is -1.27. The molecule has 0 bridgehead atoms. The monoisotopic (exact) mass is 176 g/mol. The maximum Gasteiger partial charge on any atom is 0.120 e. The molecule has 68 valence electrons. The van der Waals surface area contributed by atoms with Gasteiger partial charge in [0.2, 0.25) is 0 Å². The highest BCUT2D eigenvalue weighted by Crippen LogP contribution is 2.15. The third-order valence-corrected chi connectivity index (χ3v) is 2.37. The van der Waals surface area contributed by atoms with E-state index in [0.717, 1.165) is 31.7 Å². The van der Waals surface area contributed by atoms with Crippen molar-refractivity contribution in [1.29, 1.82) is 5.26 Å². The Morgan fingerprint density at radius 3 is 3.31 bits per heavy atom. The van der Waals surface area contributed by atoms with Crippen molar-refractivity contribution in [2.45, 2.75) is 25.5 Å². The largest absolute Gasteiger partial charge is 0.376 e. The minimum absolute atomic E-state index is 0.305. The zero-order valence-corrected chi connectivity index (χ0v) is 7.44. The van der Waals surface area contributed by atoms with Gasteiger partial charge < -0.3 is 9.30 Å². The van der Waals surface area contributed by atoms with Crippen molar-refractivity contribution < 1.29 is 4.74 Å². The molecule has 1 fully saturated rings. The van der Waals surface area contributed by atoms with Crippen LogP contribution < -0.4 is 0 Å². The van der Waals surface area contributed by atoms with Gasteiger partial charge in [-0.05, 0) is 25.0 Å². The van der Waals surface area contributed by atoms with Gasteiger partial charge in [-0.3, -0.25) is 0 Å². The SMILES string of the molecule is N#Cc1cccn1C[C@@H]1CCCO1. The van der Waals surface area contributed by atoms with Gasteiger partial charge in [0.25, 0.3) is 0 Å². The van der Waals surface area contributed by atoms with Crippen molar-refractivity contribution >= 4 is 0 Å². The maximum atomic E-state index is 8.77. The van der Waals surface area contributed by atoms with E-state index in [2.05, 4.69) is 6.07 Å². The van der Waals surface area contributed by atoms with Crippen molar-refractivity contribution in [2.75, 3.05) is 6.61 Å². The summed E-state index contributed by atoms with van der Waals surface area (Å²) in [6.07, 6.45) is 4.50. The van der Waals surface area contributed by atoms with Crippen LogP contribution in [-0.4, -0.2) is 17.3 Å². The van der Waals surface area contributed by atoms with E-state index in [9.17, 15) is 0 Å². The summed E-state index contributed by atoms with van der Waals surface area (Å²) < 4.78 is 7.45. The van der Waals surface area contributed by atoms with Crippen LogP contribution in [0, 0.1) is 11.3 Å². The first-order valence-electron chi connectivity index (χ1n) is 4.57. The van der Waals surface area contributed by atoms with Gasteiger partial charge in [-0.15, -0.1) is 0 Å². The number of hydrogen-bond acceptors (Lipinski definition) is 2. The zero-order valence-electron chi connectivity index (χ0n) is 7.44. The molecule has 0 N–H and O–H groups in total. The van der Waals surface area contributed by atoms with Gasteiger partial charge in [0.1, 0.15) is 11.8 Å².